The zero-order valence-corrected chi connectivity index (χ0v) is 18.4. The predicted octanol–water partition coefficient (Wildman–Crippen LogP) is -0.622. The third-order valence-electron chi connectivity index (χ3n) is 6.83. The van der Waals surface area contributed by atoms with Gasteiger partial charge in [-0.05, 0) is 20.4 Å². The first-order valence-electron chi connectivity index (χ1n) is 10.6. The molecule has 6 atom stereocenters. The van der Waals surface area contributed by atoms with Gasteiger partial charge in [-0.1, -0.05) is 6.92 Å². The number of aliphatic hydroxyl groups excluding tert-OH is 1. The minimum Gasteiger partial charge on any atom is -0.477 e. The molecular formula is C20H30N4O5S. The van der Waals surface area contributed by atoms with Gasteiger partial charge in [0.2, 0.25) is 11.8 Å². The Morgan fingerprint density at radius 1 is 1.27 bits per heavy atom. The van der Waals surface area contributed by atoms with Crippen LogP contribution in [0.15, 0.2) is 10.6 Å². The molecule has 0 aromatic rings. The quantitative estimate of drug-likeness (QED) is 0.487. The Morgan fingerprint density at radius 2 is 1.93 bits per heavy atom. The smallest absolute Gasteiger partial charge is 0.353 e. The molecule has 0 saturated carbocycles. The highest BCUT2D eigenvalue weighted by molar-refractivity contribution is 8.03. The lowest BCUT2D eigenvalue weighted by atomic mass is 9.79. The van der Waals surface area contributed by atoms with Gasteiger partial charge in [0.25, 0.3) is 0 Å². The number of fused-ring (bicyclic) bond motifs is 1. The van der Waals surface area contributed by atoms with Gasteiger partial charge in [-0.15, -0.1) is 11.8 Å². The lowest BCUT2D eigenvalue weighted by Crippen LogP contribution is -2.63. The Morgan fingerprint density at radius 3 is 2.53 bits per heavy atom. The van der Waals surface area contributed by atoms with Crippen molar-refractivity contribution in [1.82, 2.24) is 20.0 Å². The molecule has 10 heteroatoms. The van der Waals surface area contributed by atoms with E-state index in [1.807, 2.05) is 18.9 Å². The molecule has 30 heavy (non-hydrogen) atoms. The molecule has 0 bridgehead atoms. The summed E-state index contributed by atoms with van der Waals surface area (Å²) < 4.78 is 0. The number of hydrogen-bond acceptors (Lipinski definition) is 7. The number of likely N-dealkylation sites (N-methyl/N-ethyl adjacent to an activating group) is 1. The normalized spacial score (nSPS) is 35.5. The molecule has 0 radical (unpaired) electrons. The average molecular weight is 439 g/mol. The van der Waals surface area contributed by atoms with E-state index < -0.39 is 18.0 Å². The number of nitrogens with zero attached hydrogens (tertiary/aromatic N) is 3. The highest BCUT2D eigenvalue weighted by Gasteiger charge is 2.60. The Bertz CT molecular complexity index is 781. The number of β-lactam (4-membered cyclic amide) rings is 1. The first-order valence-corrected chi connectivity index (χ1v) is 11.4. The van der Waals surface area contributed by atoms with Crippen LogP contribution in [0.2, 0.25) is 0 Å². The second-order valence-electron chi connectivity index (χ2n) is 8.78. The van der Waals surface area contributed by atoms with E-state index in [4.69, 9.17) is 0 Å². The van der Waals surface area contributed by atoms with E-state index >= 15 is 0 Å². The van der Waals surface area contributed by atoms with Crippen molar-refractivity contribution in [2.24, 2.45) is 11.8 Å². The van der Waals surface area contributed by atoms with Crippen LogP contribution < -0.4 is 5.32 Å². The minimum absolute atomic E-state index is 0.0546. The lowest BCUT2D eigenvalue weighted by molar-refractivity contribution is -0.163. The number of hydrogen-bond donors (Lipinski definition) is 3. The van der Waals surface area contributed by atoms with Crippen molar-refractivity contribution in [2.75, 3.05) is 39.8 Å². The number of aliphatic hydroxyl groups is 1. The fourth-order valence-electron chi connectivity index (χ4n) is 5.28. The van der Waals surface area contributed by atoms with Crippen molar-refractivity contribution in [3.63, 3.8) is 0 Å². The van der Waals surface area contributed by atoms with Crippen molar-refractivity contribution in [2.45, 2.75) is 43.7 Å². The molecule has 0 aromatic heterocycles. The van der Waals surface area contributed by atoms with E-state index in [0.29, 0.717) is 31.0 Å². The molecule has 4 aliphatic heterocycles. The topological polar surface area (TPSA) is 113 Å². The predicted molar refractivity (Wildman–Crippen MR) is 111 cm³/mol. The first kappa shape index (κ1) is 21.6. The zero-order chi connectivity index (χ0) is 21.7. The van der Waals surface area contributed by atoms with E-state index in [1.54, 1.807) is 6.92 Å². The number of nitrogens with one attached hydrogen (secondary N) is 1. The fraction of sp³-hybridized carbons (Fsp3) is 0.750. The van der Waals surface area contributed by atoms with Crippen LogP contribution >= 0.6 is 11.8 Å². The SMILES string of the molecule is CC(O)C1C(=O)N2C(C(=O)O)=C(SC3CC(C(=O)N4CCNCC4)N(C)C3)C(C)[C@@H]12. The number of aliphatic carboxylic acids is 1. The van der Waals surface area contributed by atoms with Crippen LogP contribution in [0.25, 0.3) is 0 Å². The number of carbonyl (C=O) groups excluding carboxylic acids is 2. The Hall–Kier alpha value is -1.62. The Balaban J connectivity index is 1.49. The van der Waals surface area contributed by atoms with Gasteiger partial charge in [-0.3, -0.25) is 14.5 Å². The fourth-order valence-corrected chi connectivity index (χ4v) is 6.88. The van der Waals surface area contributed by atoms with Crippen molar-refractivity contribution in [3.8, 4) is 0 Å². The van der Waals surface area contributed by atoms with Gasteiger partial charge in [0, 0.05) is 48.8 Å². The second kappa shape index (κ2) is 8.14. The summed E-state index contributed by atoms with van der Waals surface area (Å²) in [5.74, 6) is -1.98. The van der Waals surface area contributed by atoms with Crippen molar-refractivity contribution < 1.29 is 24.6 Å². The Kier molecular flexibility index (Phi) is 5.86. The number of carboxylic acids is 1. The summed E-state index contributed by atoms with van der Waals surface area (Å²) in [6, 6.07) is -0.501. The molecular weight excluding hydrogens is 408 g/mol. The number of piperazine rings is 1. The van der Waals surface area contributed by atoms with Crippen LogP contribution in [0.1, 0.15) is 20.3 Å². The van der Waals surface area contributed by atoms with Crippen LogP contribution in [0.3, 0.4) is 0 Å². The van der Waals surface area contributed by atoms with Gasteiger partial charge in [-0.25, -0.2) is 4.79 Å². The monoisotopic (exact) mass is 438 g/mol. The minimum atomic E-state index is -1.11. The van der Waals surface area contributed by atoms with Crippen molar-refractivity contribution in [1.29, 1.82) is 0 Å². The summed E-state index contributed by atoms with van der Waals surface area (Å²) in [5.41, 5.74) is 0.0546. The van der Waals surface area contributed by atoms with E-state index in [0.717, 1.165) is 13.1 Å². The summed E-state index contributed by atoms with van der Waals surface area (Å²) >= 11 is 1.49. The number of carbonyl (C=O) groups is 3. The molecule has 0 aromatic carbocycles. The molecule has 4 rings (SSSR count). The summed E-state index contributed by atoms with van der Waals surface area (Å²) in [6.45, 7) is 7.24. The molecule has 0 spiro atoms. The van der Waals surface area contributed by atoms with Crippen LogP contribution in [-0.4, -0.2) is 106 Å². The maximum absolute atomic E-state index is 13.0. The van der Waals surface area contributed by atoms with E-state index in [9.17, 15) is 24.6 Å². The number of amides is 2. The molecule has 9 nitrogen and oxygen atoms in total. The maximum Gasteiger partial charge on any atom is 0.353 e. The number of thioether (sulfide) groups is 1. The molecule has 2 amide bonds. The number of likely N-dealkylation sites (tertiary alicyclic amines) is 1. The highest BCUT2D eigenvalue weighted by Crippen LogP contribution is 2.52. The van der Waals surface area contributed by atoms with Gasteiger partial charge >= 0.3 is 5.97 Å². The van der Waals surface area contributed by atoms with Crippen LogP contribution in [0.4, 0.5) is 0 Å². The van der Waals surface area contributed by atoms with Crippen LogP contribution in [-0.2, 0) is 14.4 Å². The largest absolute Gasteiger partial charge is 0.477 e. The summed E-state index contributed by atoms with van der Waals surface area (Å²) in [4.78, 5) is 43.5. The molecule has 3 saturated heterocycles. The standard InChI is InChI=1S/C20H30N4O5S/c1-10-15-14(11(2)25)19(27)24(15)16(20(28)29)17(10)30-12-8-13(22(3)9-12)18(26)23-6-4-21-5-7-23/h10-15,21,25H,4-9H2,1-3H3,(H,28,29)/t10?,11?,12?,13?,14?,15-/m0/s1. The van der Waals surface area contributed by atoms with Gasteiger partial charge < -0.3 is 25.3 Å². The van der Waals surface area contributed by atoms with Crippen LogP contribution in [0, 0.1) is 11.8 Å². The molecule has 3 N–H and O–H groups in total. The summed E-state index contributed by atoms with van der Waals surface area (Å²) in [6.07, 6.45) is -0.148. The molecule has 3 fully saturated rings. The molecule has 166 valence electrons. The zero-order valence-electron chi connectivity index (χ0n) is 17.6. The highest BCUT2D eigenvalue weighted by atomic mass is 32.2. The lowest BCUT2D eigenvalue weighted by Gasteiger charge is -2.46. The molecule has 4 heterocycles. The van der Waals surface area contributed by atoms with Gasteiger partial charge in [-0.2, -0.15) is 0 Å². The molecule has 4 aliphatic rings. The molecule has 0 aliphatic carbocycles. The average Bonchev–Trinajstić information content (AvgIpc) is 3.18. The van der Waals surface area contributed by atoms with Gasteiger partial charge in [0.15, 0.2) is 0 Å². The summed E-state index contributed by atoms with van der Waals surface area (Å²) in [5, 5.41) is 23.1. The molecule has 5 unspecified atom stereocenters. The van der Waals surface area contributed by atoms with Crippen LogP contribution in [0.5, 0.6) is 0 Å². The van der Waals surface area contributed by atoms with E-state index in [2.05, 4.69) is 10.2 Å². The summed E-state index contributed by atoms with van der Waals surface area (Å²) in [7, 11) is 1.94. The number of carboxylic acid groups (broad SMARTS) is 1. The Labute approximate surface area is 180 Å². The third kappa shape index (κ3) is 3.43. The van der Waals surface area contributed by atoms with Gasteiger partial charge in [0.05, 0.1) is 24.1 Å². The van der Waals surface area contributed by atoms with Crippen molar-refractivity contribution in [3.05, 3.63) is 10.6 Å². The first-order chi connectivity index (χ1) is 14.2. The van der Waals surface area contributed by atoms with Gasteiger partial charge in [0.1, 0.15) is 5.70 Å². The second-order valence-corrected chi connectivity index (χ2v) is 10.1. The maximum atomic E-state index is 13.0. The number of rotatable bonds is 5. The van der Waals surface area contributed by atoms with Crippen molar-refractivity contribution >= 4 is 29.5 Å². The third-order valence-corrected chi connectivity index (χ3v) is 8.32. The van der Waals surface area contributed by atoms with E-state index in [-0.39, 0.29) is 40.8 Å². The van der Waals surface area contributed by atoms with E-state index in [1.165, 1.54) is 16.7 Å².